The summed E-state index contributed by atoms with van der Waals surface area (Å²) < 4.78 is 45.9. The standard InChI is InChI=1S/C31H30ClF3N2O/c1-31(2,3)36-13-10-19(11-14-36)20-16-26(22-7-4-6-21(33)18-23(22)32)37-15-12-28(38)30(27(37)17-20)29-24(34)8-5-9-25(29)35/h5-9,12,15-19H,4,10-11,13-14H2,1-3H3. The molecule has 0 radical (unpaired) electrons. The summed E-state index contributed by atoms with van der Waals surface area (Å²) in [5.41, 5.74) is 1.75. The Morgan fingerprint density at radius 1 is 0.947 bits per heavy atom. The van der Waals surface area contributed by atoms with Crippen molar-refractivity contribution in [3.8, 4) is 11.1 Å². The average Bonchev–Trinajstić information content (AvgIpc) is 3.03. The van der Waals surface area contributed by atoms with E-state index in [0.29, 0.717) is 23.2 Å². The van der Waals surface area contributed by atoms with Crippen molar-refractivity contribution in [1.82, 2.24) is 9.30 Å². The number of hydrogen-bond acceptors (Lipinski definition) is 2. The Morgan fingerprint density at radius 2 is 1.63 bits per heavy atom. The summed E-state index contributed by atoms with van der Waals surface area (Å²) in [4.78, 5) is 15.6. The summed E-state index contributed by atoms with van der Waals surface area (Å²) in [6, 6.07) is 8.76. The molecular weight excluding hydrogens is 509 g/mol. The predicted molar refractivity (Wildman–Crippen MR) is 148 cm³/mol. The van der Waals surface area contributed by atoms with Gasteiger partial charge >= 0.3 is 0 Å². The van der Waals surface area contributed by atoms with Gasteiger partial charge in [-0.3, -0.25) is 9.69 Å². The predicted octanol–water partition coefficient (Wildman–Crippen LogP) is 7.99. The Labute approximate surface area is 225 Å². The highest BCUT2D eigenvalue weighted by Gasteiger charge is 2.29. The van der Waals surface area contributed by atoms with Gasteiger partial charge in [0.2, 0.25) is 0 Å². The number of fused-ring (bicyclic) bond motifs is 1. The van der Waals surface area contributed by atoms with Gasteiger partial charge in [0.15, 0.2) is 5.43 Å². The molecule has 2 aliphatic rings. The summed E-state index contributed by atoms with van der Waals surface area (Å²) in [5, 5.41) is 0.217. The highest BCUT2D eigenvalue weighted by molar-refractivity contribution is 6.37. The summed E-state index contributed by atoms with van der Waals surface area (Å²) in [6.07, 6.45) is 8.23. The second kappa shape index (κ2) is 10.2. The average molecular weight is 539 g/mol. The van der Waals surface area contributed by atoms with Gasteiger partial charge in [0, 0.05) is 23.4 Å². The molecule has 0 unspecified atom stereocenters. The van der Waals surface area contributed by atoms with Crippen LogP contribution >= 0.6 is 11.6 Å². The first-order valence-corrected chi connectivity index (χ1v) is 13.2. The summed E-state index contributed by atoms with van der Waals surface area (Å²) in [7, 11) is 0. The second-order valence-corrected chi connectivity index (χ2v) is 11.4. The zero-order valence-corrected chi connectivity index (χ0v) is 22.5. The molecule has 3 nitrogen and oxygen atoms in total. The molecule has 0 N–H and O–H groups in total. The first-order valence-electron chi connectivity index (χ1n) is 12.9. The molecule has 1 fully saturated rings. The molecule has 0 spiro atoms. The van der Waals surface area contributed by atoms with E-state index < -0.39 is 22.9 Å². The van der Waals surface area contributed by atoms with E-state index in [1.54, 1.807) is 10.6 Å². The number of piperidine rings is 1. The van der Waals surface area contributed by atoms with E-state index in [2.05, 4.69) is 25.7 Å². The van der Waals surface area contributed by atoms with Crippen molar-refractivity contribution in [3.05, 3.63) is 105 Å². The van der Waals surface area contributed by atoms with Crippen molar-refractivity contribution in [2.45, 2.75) is 51.5 Å². The molecule has 0 atom stereocenters. The number of aromatic nitrogens is 1. The van der Waals surface area contributed by atoms with Crippen LogP contribution in [0.15, 0.2) is 76.5 Å². The van der Waals surface area contributed by atoms with Gasteiger partial charge in [-0.1, -0.05) is 23.7 Å². The van der Waals surface area contributed by atoms with Crippen LogP contribution in [0.2, 0.25) is 0 Å². The molecule has 0 amide bonds. The highest BCUT2D eigenvalue weighted by atomic mass is 35.5. The quantitative estimate of drug-likeness (QED) is 0.337. The topological polar surface area (TPSA) is 24.7 Å². The fourth-order valence-electron chi connectivity index (χ4n) is 5.52. The van der Waals surface area contributed by atoms with Crippen molar-refractivity contribution in [1.29, 1.82) is 0 Å². The third-order valence-electron chi connectivity index (χ3n) is 7.56. The van der Waals surface area contributed by atoms with Crippen molar-refractivity contribution >= 4 is 22.7 Å². The normalized spacial score (nSPS) is 17.7. The van der Waals surface area contributed by atoms with E-state index in [-0.39, 0.29) is 27.6 Å². The molecule has 3 aromatic rings. The van der Waals surface area contributed by atoms with E-state index in [0.717, 1.165) is 43.6 Å². The Morgan fingerprint density at radius 3 is 2.29 bits per heavy atom. The molecule has 1 aliphatic heterocycles. The lowest BCUT2D eigenvalue weighted by molar-refractivity contribution is 0.102. The molecule has 38 heavy (non-hydrogen) atoms. The summed E-state index contributed by atoms with van der Waals surface area (Å²) >= 11 is 6.57. The van der Waals surface area contributed by atoms with E-state index in [4.69, 9.17) is 11.6 Å². The fraction of sp³-hybridized carbons (Fsp3) is 0.323. The second-order valence-electron chi connectivity index (χ2n) is 10.9. The van der Waals surface area contributed by atoms with Gasteiger partial charge < -0.3 is 4.40 Å². The number of rotatable bonds is 3. The van der Waals surface area contributed by atoms with E-state index in [9.17, 15) is 18.0 Å². The monoisotopic (exact) mass is 538 g/mol. The fourth-order valence-corrected chi connectivity index (χ4v) is 5.80. The van der Waals surface area contributed by atoms with Crippen LogP contribution in [0.5, 0.6) is 0 Å². The Kier molecular flexibility index (Phi) is 7.14. The molecular formula is C31H30ClF3N2O. The molecule has 1 aromatic carbocycles. The molecule has 0 saturated carbocycles. The number of hydrogen-bond donors (Lipinski definition) is 0. The van der Waals surface area contributed by atoms with Gasteiger partial charge in [-0.05, 0) is 101 Å². The van der Waals surface area contributed by atoms with Gasteiger partial charge in [0.05, 0.1) is 27.4 Å². The molecule has 2 aromatic heterocycles. The minimum atomic E-state index is -0.807. The maximum Gasteiger partial charge on any atom is 0.190 e. The lowest BCUT2D eigenvalue weighted by Gasteiger charge is -2.41. The van der Waals surface area contributed by atoms with Crippen LogP contribution in [0.25, 0.3) is 22.2 Å². The molecule has 0 bridgehead atoms. The van der Waals surface area contributed by atoms with Crippen molar-refractivity contribution in [2.24, 2.45) is 0 Å². The van der Waals surface area contributed by atoms with Crippen LogP contribution in [-0.4, -0.2) is 27.9 Å². The molecule has 1 aliphatic carbocycles. The van der Waals surface area contributed by atoms with E-state index in [1.807, 2.05) is 18.2 Å². The molecule has 7 heteroatoms. The zero-order chi connectivity index (χ0) is 27.2. The number of likely N-dealkylation sites (tertiary alicyclic amines) is 1. The van der Waals surface area contributed by atoms with Crippen LogP contribution < -0.4 is 5.43 Å². The van der Waals surface area contributed by atoms with Crippen LogP contribution in [0.4, 0.5) is 13.2 Å². The smallest absolute Gasteiger partial charge is 0.190 e. The number of halogens is 4. The summed E-state index contributed by atoms with van der Waals surface area (Å²) in [5.74, 6) is -1.87. The van der Waals surface area contributed by atoms with Gasteiger partial charge in [0.1, 0.15) is 17.5 Å². The Balaban J connectivity index is 1.75. The van der Waals surface area contributed by atoms with Crippen LogP contribution in [-0.2, 0) is 0 Å². The number of nitrogens with zero attached hydrogens (tertiary/aromatic N) is 2. The minimum Gasteiger partial charge on any atom is -0.316 e. The third-order valence-corrected chi connectivity index (χ3v) is 7.88. The van der Waals surface area contributed by atoms with Crippen LogP contribution in [0.1, 0.15) is 57.2 Å². The maximum absolute atomic E-state index is 15.0. The van der Waals surface area contributed by atoms with Crippen LogP contribution in [0, 0.1) is 11.6 Å². The molecule has 3 heterocycles. The number of pyridine rings is 2. The minimum absolute atomic E-state index is 0.0445. The molecule has 198 valence electrons. The number of benzene rings is 1. The first kappa shape index (κ1) is 26.5. The SMILES string of the molecule is CC(C)(C)N1CCC(c2cc(C3=CCC=C(F)C=C3Cl)n3ccc(=O)c(-c4c(F)cccc4F)c3c2)CC1. The van der Waals surface area contributed by atoms with Crippen molar-refractivity contribution < 1.29 is 13.2 Å². The first-order chi connectivity index (χ1) is 18.0. The van der Waals surface area contributed by atoms with E-state index >= 15 is 0 Å². The molecule has 1 saturated heterocycles. The number of allylic oxidation sites excluding steroid dienone is 6. The lowest BCUT2D eigenvalue weighted by atomic mass is 9.86. The van der Waals surface area contributed by atoms with E-state index in [1.165, 1.54) is 24.3 Å². The van der Waals surface area contributed by atoms with Gasteiger partial charge in [-0.2, -0.15) is 0 Å². The summed E-state index contributed by atoms with van der Waals surface area (Å²) in [6.45, 7) is 8.41. The Hall–Kier alpha value is -3.09. The Bertz CT molecular complexity index is 1530. The molecule has 5 rings (SSSR count). The van der Waals surface area contributed by atoms with Gasteiger partial charge in [-0.15, -0.1) is 0 Å². The third kappa shape index (κ3) is 4.99. The highest BCUT2D eigenvalue weighted by Crippen LogP contribution is 2.38. The van der Waals surface area contributed by atoms with Gasteiger partial charge in [-0.25, -0.2) is 13.2 Å². The van der Waals surface area contributed by atoms with Crippen molar-refractivity contribution in [3.63, 3.8) is 0 Å². The van der Waals surface area contributed by atoms with Crippen LogP contribution in [0.3, 0.4) is 0 Å². The zero-order valence-electron chi connectivity index (χ0n) is 21.7. The van der Waals surface area contributed by atoms with Gasteiger partial charge in [0.25, 0.3) is 0 Å². The van der Waals surface area contributed by atoms with Crippen molar-refractivity contribution in [2.75, 3.05) is 13.1 Å². The lowest BCUT2D eigenvalue weighted by Crippen LogP contribution is -2.45. The maximum atomic E-state index is 15.0. The largest absolute Gasteiger partial charge is 0.316 e.